The van der Waals surface area contributed by atoms with Gasteiger partial charge in [0.25, 0.3) is 0 Å². The van der Waals surface area contributed by atoms with Gasteiger partial charge in [-0.3, -0.25) is 9.59 Å². The molecule has 1 aliphatic carbocycles. The smallest absolute Gasteiger partial charge is 0.407 e. The summed E-state index contributed by atoms with van der Waals surface area (Å²) in [5, 5.41) is 13.7. The van der Waals surface area contributed by atoms with Gasteiger partial charge in [-0.25, -0.2) is 4.79 Å². The van der Waals surface area contributed by atoms with Crippen LogP contribution in [0.5, 0.6) is 0 Å². The van der Waals surface area contributed by atoms with Crippen molar-refractivity contribution in [3.8, 4) is 11.1 Å². The molecule has 146 valence electrons. The maximum atomic E-state index is 12.2. The topological polar surface area (TPSA) is 105 Å². The third-order valence-electron chi connectivity index (χ3n) is 4.85. The van der Waals surface area contributed by atoms with Gasteiger partial charge in [-0.1, -0.05) is 48.5 Å². The fourth-order valence-corrected chi connectivity index (χ4v) is 3.49. The minimum absolute atomic E-state index is 0.0147. The first-order valence-corrected chi connectivity index (χ1v) is 9.06. The van der Waals surface area contributed by atoms with Crippen molar-refractivity contribution in [3.63, 3.8) is 0 Å². The molecule has 2 amide bonds. The van der Waals surface area contributed by atoms with E-state index in [2.05, 4.69) is 10.6 Å². The monoisotopic (exact) mass is 382 g/mol. The van der Waals surface area contributed by atoms with Crippen molar-refractivity contribution >= 4 is 18.0 Å². The highest BCUT2D eigenvalue weighted by Crippen LogP contribution is 2.44. The lowest BCUT2D eigenvalue weighted by atomic mass is 9.98. The molecule has 0 saturated carbocycles. The van der Waals surface area contributed by atoms with E-state index in [0.29, 0.717) is 0 Å². The Balaban J connectivity index is 1.67. The molecule has 0 aromatic heterocycles. The van der Waals surface area contributed by atoms with Crippen molar-refractivity contribution in [3.05, 3.63) is 59.7 Å². The van der Waals surface area contributed by atoms with E-state index < -0.39 is 24.0 Å². The van der Waals surface area contributed by atoms with E-state index in [1.54, 1.807) is 0 Å². The van der Waals surface area contributed by atoms with E-state index in [0.717, 1.165) is 22.3 Å². The number of benzene rings is 2. The average Bonchev–Trinajstić information content (AvgIpc) is 3.02. The second-order valence-electron chi connectivity index (χ2n) is 6.57. The molecule has 0 radical (unpaired) electrons. The van der Waals surface area contributed by atoms with E-state index >= 15 is 0 Å². The van der Waals surface area contributed by atoms with Crippen molar-refractivity contribution in [2.75, 3.05) is 13.7 Å². The minimum atomic E-state index is -1.04. The van der Waals surface area contributed by atoms with Crippen LogP contribution in [0.1, 0.15) is 29.9 Å². The summed E-state index contributed by atoms with van der Waals surface area (Å²) in [6.45, 7) is 0.124. The van der Waals surface area contributed by atoms with Crippen LogP contribution in [0, 0.1) is 0 Å². The zero-order valence-corrected chi connectivity index (χ0v) is 15.5. The van der Waals surface area contributed by atoms with Crippen LogP contribution in [0.25, 0.3) is 11.1 Å². The molecule has 2 aromatic carbocycles. The summed E-state index contributed by atoms with van der Waals surface area (Å²) in [7, 11) is 1.43. The van der Waals surface area contributed by atoms with Crippen LogP contribution in [0.2, 0.25) is 0 Å². The minimum Gasteiger partial charge on any atom is -0.481 e. The number of carbonyl (C=O) groups is 3. The number of aliphatic carboxylic acids is 1. The summed E-state index contributed by atoms with van der Waals surface area (Å²) in [4.78, 5) is 34.9. The van der Waals surface area contributed by atoms with Gasteiger partial charge in [0.2, 0.25) is 5.91 Å². The van der Waals surface area contributed by atoms with Gasteiger partial charge in [0.1, 0.15) is 12.6 Å². The van der Waals surface area contributed by atoms with Crippen LogP contribution in [-0.2, 0) is 14.3 Å². The third-order valence-corrected chi connectivity index (χ3v) is 4.85. The maximum absolute atomic E-state index is 12.2. The lowest BCUT2D eigenvalue weighted by molar-refractivity contribution is -0.137. The summed E-state index contributed by atoms with van der Waals surface area (Å²) >= 11 is 0. The fraction of sp³-hybridized carbons (Fsp3) is 0.286. The Kier molecular flexibility index (Phi) is 5.93. The number of hydrogen-bond acceptors (Lipinski definition) is 4. The lowest BCUT2D eigenvalue weighted by Crippen LogP contribution is -2.46. The van der Waals surface area contributed by atoms with Gasteiger partial charge in [0, 0.05) is 19.4 Å². The van der Waals surface area contributed by atoms with Crippen LogP contribution in [0.4, 0.5) is 4.79 Å². The van der Waals surface area contributed by atoms with Gasteiger partial charge in [-0.2, -0.15) is 0 Å². The van der Waals surface area contributed by atoms with Crippen LogP contribution in [-0.4, -0.2) is 42.8 Å². The van der Waals surface area contributed by atoms with Crippen LogP contribution in [0.3, 0.4) is 0 Å². The molecule has 1 atom stereocenters. The summed E-state index contributed by atoms with van der Waals surface area (Å²) in [5.41, 5.74) is 4.42. The van der Waals surface area contributed by atoms with E-state index in [4.69, 9.17) is 9.84 Å². The molecule has 3 rings (SSSR count). The average molecular weight is 382 g/mol. The van der Waals surface area contributed by atoms with Gasteiger partial charge >= 0.3 is 12.1 Å². The summed E-state index contributed by atoms with van der Waals surface area (Å²) < 4.78 is 5.39. The summed E-state index contributed by atoms with van der Waals surface area (Å²) in [5.74, 6) is -1.59. The van der Waals surface area contributed by atoms with E-state index in [9.17, 15) is 14.4 Å². The zero-order chi connectivity index (χ0) is 20.1. The number of ether oxygens (including phenoxy) is 1. The SMILES string of the molecule is CNC(=O)C(CCC(=O)O)NC(=O)OCC1c2ccccc2-c2ccccc21. The standard InChI is InChI=1S/C21H22N2O5/c1-22-20(26)18(10-11-19(24)25)23-21(27)28-12-17-15-8-4-2-6-13(15)14-7-3-5-9-16(14)17/h2-9,17-18H,10-12H2,1H3,(H,22,26)(H,23,27)(H,24,25). The molecule has 7 nitrogen and oxygen atoms in total. The number of nitrogens with one attached hydrogen (secondary N) is 2. The van der Waals surface area contributed by atoms with Crippen molar-refractivity contribution in [2.45, 2.75) is 24.8 Å². The van der Waals surface area contributed by atoms with Crippen molar-refractivity contribution in [1.29, 1.82) is 0 Å². The van der Waals surface area contributed by atoms with Crippen LogP contribution in [0.15, 0.2) is 48.5 Å². The number of alkyl carbamates (subject to hydrolysis) is 1. The molecular weight excluding hydrogens is 360 g/mol. The number of carboxylic acids is 1. The molecule has 0 bridgehead atoms. The molecule has 28 heavy (non-hydrogen) atoms. The predicted molar refractivity (Wildman–Crippen MR) is 103 cm³/mol. The van der Waals surface area contributed by atoms with Gasteiger partial charge in [-0.05, 0) is 28.7 Å². The molecule has 0 saturated heterocycles. The Morgan fingerprint density at radius 3 is 2.14 bits per heavy atom. The fourth-order valence-electron chi connectivity index (χ4n) is 3.49. The molecular formula is C21H22N2O5. The largest absolute Gasteiger partial charge is 0.481 e. The number of carboxylic acid groups (broad SMARTS) is 1. The molecule has 7 heteroatoms. The van der Waals surface area contributed by atoms with E-state index in [1.165, 1.54) is 7.05 Å². The van der Waals surface area contributed by atoms with Gasteiger partial charge < -0.3 is 20.5 Å². The number of fused-ring (bicyclic) bond motifs is 3. The molecule has 0 spiro atoms. The number of rotatable bonds is 7. The second-order valence-corrected chi connectivity index (χ2v) is 6.57. The predicted octanol–water partition coefficient (Wildman–Crippen LogP) is 2.50. The first kappa shape index (κ1) is 19.4. The zero-order valence-electron chi connectivity index (χ0n) is 15.5. The Morgan fingerprint density at radius 2 is 1.61 bits per heavy atom. The van der Waals surface area contributed by atoms with Gasteiger partial charge in [0.05, 0.1) is 0 Å². The molecule has 2 aromatic rings. The molecule has 0 aliphatic heterocycles. The number of amides is 2. The van der Waals surface area contributed by atoms with Crippen LogP contribution < -0.4 is 10.6 Å². The van der Waals surface area contributed by atoms with Crippen LogP contribution >= 0.6 is 0 Å². The maximum Gasteiger partial charge on any atom is 0.407 e. The highest BCUT2D eigenvalue weighted by molar-refractivity contribution is 5.86. The number of likely N-dealkylation sites (N-methyl/N-ethyl adjacent to an activating group) is 1. The van der Waals surface area contributed by atoms with Crippen molar-refractivity contribution < 1.29 is 24.2 Å². The van der Waals surface area contributed by atoms with Gasteiger partial charge in [0.15, 0.2) is 0 Å². The third kappa shape index (κ3) is 4.14. The van der Waals surface area contributed by atoms with Crippen molar-refractivity contribution in [1.82, 2.24) is 10.6 Å². The van der Waals surface area contributed by atoms with Crippen molar-refractivity contribution in [2.24, 2.45) is 0 Å². The number of carbonyl (C=O) groups excluding carboxylic acids is 2. The quantitative estimate of drug-likeness (QED) is 0.682. The first-order valence-electron chi connectivity index (χ1n) is 9.06. The first-order chi connectivity index (χ1) is 13.5. The molecule has 1 unspecified atom stereocenters. The molecule has 3 N–H and O–H groups in total. The highest BCUT2D eigenvalue weighted by Gasteiger charge is 2.29. The summed E-state index contributed by atoms with van der Waals surface area (Å²) in [6.07, 6.45) is -0.998. The molecule has 1 aliphatic rings. The Bertz CT molecular complexity index is 850. The lowest BCUT2D eigenvalue weighted by Gasteiger charge is -2.18. The number of hydrogen-bond donors (Lipinski definition) is 3. The van der Waals surface area contributed by atoms with E-state index in [1.807, 2.05) is 48.5 Å². The highest BCUT2D eigenvalue weighted by atomic mass is 16.5. The Morgan fingerprint density at radius 1 is 1.04 bits per heavy atom. The normalized spacial score (nSPS) is 13.2. The second kappa shape index (κ2) is 8.56. The van der Waals surface area contributed by atoms with Gasteiger partial charge in [-0.15, -0.1) is 0 Å². The Labute approximate surface area is 162 Å². The summed E-state index contributed by atoms with van der Waals surface area (Å²) in [6, 6.07) is 15.0. The van der Waals surface area contributed by atoms with E-state index in [-0.39, 0.29) is 25.4 Å². The Hall–Kier alpha value is -3.35. The molecule has 0 heterocycles. The molecule has 0 fully saturated rings.